The van der Waals surface area contributed by atoms with Crippen molar-refractivity contribution < 1.29 is 36.8 Å². The maximum absolute atomic E-state index is 12.8. The molecule has 0 saturated carbocycles. The Morgan fingerprint density at radius 2 is 1.70 bits per heavy atom. The van der Waals surface area contributed by atoms with E-state index in [2.05, 4.69) is 5.32 Å². The Hall–Kier alpha value is -3.11. The molecule has 202 valence electrons. The van der Waals surface area contributed by atoms with Gasteiger partial charge in [0, 0.05) is 12.0 Å². The number of aliphatic carboxylic acids is 1. The quantitative estimate of drug-likeness (QED) is 0.478. The first-order valence-electron chi connectivity index (χ1n) is 12.0. The van der Waals surface area contributed by atoms with Crippen LogP contribution in [0.5, 0.6) is 5.75 Å². The molecular weight excluding hydrogens is 498 g/mol. The van der Waals surface area contributed by atoms with Gasteiger partial charge in [-0.25, -0.2) is 9.59 Å². The van der Waals surface area contributed by atoms with Crippen LogP contribution >= 0.6 is 0 Å². The third kappa shape index (κ3) is 7.23. The fourth-order valence-electron chi connectivity index (χ4n) is 4.09. The molecule has 3 rings (SSSR count). The number of carbonyl (C=O) groups is 2. The van der Waals surface area contributed by atoms with E-state index in [-0.39, 0.29) is 24.3 Å². The van der Waals surface area contributed by atoms with E-state index >= 15 is 0 Å². The Kier molecular flexibility index (Phi) is 7.95. The van der Waals surface area contributed by atoms with E-state index in [1.54, 1.807) is 58.9 Å². The van der Waals surface area contributed by atoms with Crippen molar-refractivity contribution in [1.82, 2.24) is 5.32 Å². The van der Waals surface area contributed by atoms with E-state index in [1.165, 1.54) is 12.1 Å². The SMILES string of the molecule is Cc1ccc(S(=O)(=O)OC(C)(C)COc2cccc3c2C[C@@](NC(=O)OC(C)(C)C)(C(=O)O)CC3)cc1. The summed E-state index contributed by atoms with van der Waals surface area (Å²) < 4.78 is 42.3. The van der Waals surface area contributed by atoms with Crippen LogP contribution in [0.15, 0.2) is 47.4 Å². The Morgan fingerprint density at radius 3 is 2.30 bits per heavy atom. The minimum atomic E-state index is -4.03. The second-order valence-corrected chi connectivity index (χ2v) is 12.5. The molecular formula is C27H35NO8S. The molecule has 1 aliphatic rings. The first-order chi connectivity index (χ1) is 17.0. The maximum Gasteiger partial charge on any atom is 0.408 e. The number of aryl methyl sites for hydroxylation is 2. The number of amides is 1. The van der Waals surface area contributed by atoms with E-state index in [0.717, 1.165) is 11.1 Å². The van der Waals surface area contributed by atoms with Gasteiger partial charge in [-0.2, -0.15) is 8.42 Å². The molecule has 0 radical (unpaired) electrons. The molecule has 0 heterocycles. The highest BCUT2D eigenvalue weighted by molar-refractivity contribution is 7.86. The van der Waals surface area contributed by atoms with E-state index in [9.17, 15) is 23.1 Å². The van der Waals surface area contributed by atoms with Gasteiger partial charge in [0.25, 0.3) is 10.1 Å². The van der Waals surface area contributed by atoms with Crippen LogP contribution in [-0.4, -0.2) is 48.9 Å². The third-order valence-corrected chi connectivity index (χ3v) is 7.42. The van der Waals surface area contributed by atoms with Crippen LogP contribution in [0.2, 0.25) is 0 Å². The number of carbonyl (C=O) groups excluding carboxylic acids is 1. The molecule has 37 heavy (non-hydrogen) atoms. The smallest absolute Gasteiger partial charge is 0.408 e. The van der Waals surface area contributed by atoms with Gasteiger partial charge in [0.15, 0.2) is 0 Å². The van der Waals surface area contributed by atoms with Crippen LogP contribution in [0, 0.1) is 6.92 Å². The lowest BCUT2D eigenvalue weighted by atomic mass is 9.77. The van der Waals surface area contributed by atoms with Crippen LogP contribution in [0.3, 0.4) is 0 Å². The fraction of sp³-hybridized carbons (Fsp3) is 0.481. The summed E-state index contributed by atoms with van der Waals surface area (Å²) in [5, 5.41) is 12.6. The zero-order valence-electron chi connectivity index (χ0n) is 22.1. The van der Waals surface area contributed by atoms with Gasteiger partial charge in [-0.15, -0.1) is 0 Å². The zero-order chi connectivity index (χ0) is 27.6. The molecule has 0 unspecified atom stereocenters. The molecule has 2 aromatic rings. The molecule has 2 aromatic carbocycles. The van der Waals surface area contributed by atoms with Crippen LogP contribution in [-0.2, 0) is 36.7 Å². The molecule has 0 spiro atoms. The maximum atomic E-state index is 12.8. The highest BCUT2D eigenvalue weighted by Crippen LogP contribution is 2.36. The number of carboxylic acid groups (broad SMARTS) is 1. The number of hydrogen-bond acceptors (Lipinski definition) is 7. The summed E-state index contributed by atoms with van der Waals surface area (Å²) in [6, 6.07) is 11.7. The lowest BCUT2D eigenvalue weighted by Crippen LogP contribution is -2.58. The van der Waals surface area contributed by atoms with Crippen LogP contribution < -0.4 is 10.1 Å². The van der Waals surface area contributed by atoms with Crippen LogP contribution in [0.4, 0.5) is 4.79 Å². The standard InChI is InChI=1S/C27H35NO8S/c1-18-10-12-20(13-11-18)37(32,33)36-26(5,6)17-34-22-9-7-8-19-14-15-27(23(29)30,16-21(19)22)28-24(31)35-25(2,3)4/h7-13H,14-17H2,1-6H3,(H,28,31)(H,29,30)/t27-/m1/s1. The summed E-state index contributed by atoms with van der Waals surface area (Å²) in [5.41, 5.74) is -1.13. The number of rotatable bonds is 8. The fourth-order valence-corrected chi connectivity index (χ4v) is 5.29. The monoisotopic (exact) mass is 533 g/mol. The molecule has 2 N–H and O–H groups in total. The lowest BCUT2D eigenvalue weighted by Gasteiger charge is -2.36. The minimum absolute atomic E-state index is 0.0178. The van der Waals surface area contributed by atoms with Crippen molar-refractivity contribution in [2.24, 2.45) is 0 Å². The normalized spacial score (nSPS) is 18.0. The second-order valence-electron chi connectivity index (χ2n) is 11.0. The number of benzene rings is 2. The summed E-state index contributed by atoms with van der Waals surface area (Å²) in [7, 11) is -4.03. The van der Waals surface area contributed by atoms with Gasteiger partial charge in [0.05, 0.1) is 4.90 Å². The van der Waals surface area contributed by atoms with Crippen molar-refractivity contribution in [2.75, 3.05) is 6.61 Å². The number of nitrogens with one attached hydrogen (secondary N) is 1. The Morgan fingerprint density at radius 1 is 1.05 bits per heavy atom. The van der Waals surface area contributed by atoms with Crippen molar-refractivity contribution in [3.63, 3.8) is 0 Å². The predicted molar refractivity (Wildman–Crippen MR) is 137 cm³/mol. The summed E-state index contributed by atoms with van der Waals surface area (Å²) in [6.45, 7) is 10.0. The first-order valence-corrected chi connectivity index (χ1v) is 13.4. The molecule has 0 fully saturated rings. The Labute approximate surface area is 218 Å². The number of ether oxygens (including phenoxy) is 2. The molecule has 1 atom stereocenters. The highest BCUT2D eigenvalue weighted by atomic mass is 32.2. The number of carboxylic acids is 1. The van der Waals surface area contributed by atoms with Crippen molar-refractivity contribution in [1.29, 1.82) is 0 Å². The number of fused-ring (bicyclic) bond motifs is 1. The second kappa shape index (κ2) is 10.3. The average Bonchev–Trinajstić information content (AvgIpc) is 2.76. The van der Waals surface area contributed by atoms with Crippen LogP contribution in [0.25, 0.3) is 0 Å². The van der Waals surface area contributed by atoms with E-state index in [0.29, 0.717) is 17.7 Å². The van der Waals surface area contributed by atoms with Crippen molar-refractivity contribution >= 4 is 22.2 Å². The van der Waals surface area contributed by atoms with E-state index < -0.39 is 38.9 Å². The van der Waals surface area contributed by atoms with Gasteiger partial charge in [-0.05, 0) is 78.1 Å². The molecule has 10 heteroatoms. The lowest BCUT2D eigenvalue weighted by molar-refractivity contribution is -0.145. The Bertz CT molecular complexity index is 1260. The largest absolute Gasteiger partial charge is 0.490 e. The van der Waals surface area contributed by atoms with Crippen molar-refractivity contribution in [2.45, 2.75) is 82.4 Å². The van der Waals surface area contributed by atoms with Gasteiger partial charge in [-0.3, -0.25) is 4.18 Å². The van der Waals surface area contributed by atoms with E-state index in [1.807, 2.05) is 13.0 Å². The molecule has 1 amide bonds. The summed E-state index contributed by atoms with van der Waals surface area (Å²) in [4.78, 5) is 24.8. The van der Waals surface area contributed by atoms with Gasteiger partial charge in [0.2, 0.25) is 0 Å². The number of alkyl carbamates (subject to hydrolysis) is 1. The Balaban J connectivity index is 1.79. The molecule has 1 aliphatic carbocycles. The highest BCUT2D eigenvalue weighted by Gasteiger charge is 2.45. The minimum Gasteiger partial charge on any atom is -0.490 e. The molecule has 9 nitrogen and oxygen atoms in total. The van der Waals surface area contributed by atoms with Gasteiger partial charge in [-0.1, -0.05) is 29.8 Å². The molecule has 0 aliphatic heterocycles. The average molecular weight is 534 g/mol. The summed E-state index contributed by atoms with van der Waals surface area (Å²) >= 11 is 0. The van der Waals surface area contributed by atoms with Gasteiger partial charge < -0.3 is 19.9 Å². The molecule has 0 bridgehead atoms. The van der Waals surface area contributed by atoms with Crippen molar-refractivity contribution in [3.05, 3.63) is 59.2 Å². The summed E-state index contributed by atoms with van der Waals surface area (Å²) in [5.74, 6) is -0.773. The van der Waals surface area contributed by atoms with Crippen molar-refractivity contribution in [3.8, 4) is 5.75 Å². The number of hydrogen-bond donors (Lipinski definition) is 2. The molecule has 0 aromatic heterocycles. The zero-order valence-corrected chi connectivity index (χ0v) is 22.9. The van der Waals surface area contributed by atoms with E-state index in [4.69, 9.17) is 13.7 Å². The predicted octanol–water partition coefficient (Wildman–Crippen LogP) is 4.39. The topological polar surface area (TPSA) is 128 Å². The summed E-state index contributed by atoms with van der Waals surface area (Å²) in [6.07, 6.45) is -0.249. The van der Waals surface area contributed by atoms with Gasteiger partial charge in [0.1, 0.15) is 29.1 Å². The first kappa shape index (κ1) is 28.5. The van der Waals surface area contributed by atoms with Gasteiger partial charge >= 0.3 is 12.1 Å². The molecule has 0 saturated heterocycles. The third-order valence-electron chi connectivity index (χ3n) is 5.90. The van der Waals surface area contributed by atoms with Crippen LogP contribution in [0.1, 0.15) is 57.7 Å².